The van der Waals surface area contributed by atoms with Gasteiger partial charge in [-0.3, -0.25) is 4.79 Å². The van der Waals surface area contributed by atoms with Crippen molar-refractivity contribution in [2.24, 2.45) is 0 Å². The summed E-state index contributed by atoms with van der Waals surface area (Å²) in [4.78, 5) is 36.3. The Bertz CT molecular complexity index is 834. The first kappa shape index (κ1) is 19.6. The summed E-state index contributed by atoms with van der Waals surface area (Å²) in [6.07, 6.45) is -3.86. The van der Waals surface area contributed by atoms with E-state index in [2.05, 4.69) is 0 Å². The van der Waals surface area contributed by atoms with Crippen molar-refractivity contribution in [1.29, 1.82) is 0 Å². The van der Waals surface area contributed by atoms with Crippen LogP contribution in [0.25, 0.3) is 0 Å². The summed E-state index contributed by atoms with van der Waals surface area (Å²) < 4.78 is 21.7. The van der Waals surface area contributed by atoms with E-state index in [0.717, 1.165) is 0 Å². The highest BCUT2D eigenvalue weighted by atomic mass is 16.7. The zero-order valence-corrected chi connectivity index (χ0v) is 15.4. The second-order valence-corrected chi connectivity index (χ2v) is 6.29. The third-order valence-corrected chi connectivity index (χ3v) is 4.19. The molecule has 146 valence electrons. The fourth-order valence-corrected chi connectivity index (χ4v) is 2.86. The molecule has 1 saturated heterocycles. The van der Waals surface area contributed by atoms with Crippen molar-refractivity contribution in [3.05, 3.63) is 71.8 Å². The quantitative estimate of drug-likeness (QED) is 0.578. The van der Waals surface area contributed by atoms with Crippen molar-refractivity contribution in [3.8, 4) is 0 Å². The van der Waals surface area contributed by atoms with Gasteiger partial charge < -0.3 is 18.9 Å². The molecule has 0 saturated carbocycles. The molecule has 7 heteroatoms. The summed E-state index contributed by atoms with van der Waals surface area (Å²) >= 11 is 0. The molecule has 3 rings (SSSR count). The van der Waals surface area contributed by atoms with Crippen molar-refractivity contribution >= 4 is 17.9 Å². The highest BCUT2D eigenvalue weighted by Gasteiger charge is 2.49. The SMILES string of the molecule is CC(=O)O[C@@H]1O[C@H](C)[C@H](OC(=O)c2ccccc2)[C@@H]1OC(=O)c1ccccc1. The topological polar surface area (TPSA) is 88.1 Å². The minimum absolute atomic E-state index is 0.316. The van der Waals surface area contributed by atoms with E-state index in [4.69, 9.17) is 18.9 Å². The molecule has 4 atom stereocenters. The van der Waals surface area contributed by atoms with Gasteiger partial charge in [-0.25, -0.2) is 9.59 Å². The van der Waals surface area contributed by atoms with Crippen LogP contribution in [0, 0.1) is 0 Å². The average molecular weight is 384 g/mol. The Kier molecular flexibility index (Phi) is 6.06. The number of ether oxygens (including phenoxy) is 4. The standard InChI is InChI=1S/C21H20O7/c1-13-17(27-19(23)15-9-5-3-6-10-15)18(21(25-13)26-14(2)22)28-20(24)16-11-7-4-8-12-16/h3-13,17-18,21H,1-2H3/t13-,17+,18+,21+/m1/s1. The van der Waals surface area contributed by atoms with Crippen LogP contribution in [0.15, 0.2) is 60.7 Å². The summed E-state index contributed by atoms with van der Waals surface area (Å²) in [6, 6.07) is 16.7. The molecule has 0 amide bonds. The van der Waals surface area contributed by atoms with Gasteiger partial charge in [0.25, 0.3) is 0 Å². The van der Waals surface area contributed by atoms with Crippen LogP contribution in [0.4, 0.5) is 0 Å². The lowest BCUT2D eigenvalue weighted by Gasteiger charge is -2.23. The molecule has 0 radical (unpaired) electrons. The van der Waals surface area contributed by atoms with E-state index in [0.29, 0.717) is 11.1 Å². The molecule has 0 bridgehead atoms. The van der Waals surface area contributed by atoms with E-state index in [1.807, 2.05) is 0 Å². The molecule has 0 unspecified atom stereocenters. The van der Waals surface area contributed by atoms with Gasteiger partial charge in [0.15, 0.2) is 6.10 Å². The average Bonchev–Trinajstić information content (AvgIpc) is 2.97. The lowest BCUT2D eigenvalue weighted by Crippen LogP contribution is -2.41. The molecule has 1 aliphatic heterocycles. The number of benzene rings is 2. The van der Waals surface area contributed by atoms with Crippen LogP contribution < -0.4 is 0 Å². The maximum Gasteiger partial charge on any atom is 0.338 e. The van der Waals surface area contributed by atoms with E-state index in [-0.39, 0.29) is 0 Å². The molecular formula is C21H20O7. The second kappa shape index (κ2) is 8.67. The summed E-state index contributed by atoms with van der Waals surface area (Å²) in [5.74, 6) is -1.83. The fourth-order valence-electron chi connectivity index (χ4n) is 2.86. The molecule has 28 heavy (non-hydrogen) atoms. The molecule has 0 aromatic heterocycles. The fraction of sp³-hybridized carbons (Fsp3) is 0.286. The Morgan fingerprint density at radius 1 is 0.750 bits per heavy atom. The van der Waals surface area contributed by atoms with Crippen LogP contribution in [0.2, 0.25) is 0 Å². The van der Waals surface area contributed by atoms with Crippen molar-refractivity contribution in [3.63, 3.8) is 0 Å². The summed E-state index contributed by atoms with van der Waals surface area (Å²) in [6.45, 7) is 2.86. The van der Waals surface area contributed by atoms with Crippen LogP contribution in [-0.4, -0.2) is 42.5 Å². The largest absolute Gasteiger partial charge is 0.452 e. The molecule has 1 aliphatic rings. The van der Waals surface area contributed by atoms with Gasteiger partial charge in [0.1, 0.15) is 6.10 Å². The Labute approximate surface area is 162 Å². The van der Waals surface area contributed by atoms with E-state index < -0.39 is 42.5 Å². The van der Waals surface area contributed by atoms with Crippen LogP contribution in [0.1, 0.15) is 34.6 Å². The number of carbonyl (C=O) groups excluding carboxylic acids is 3. The highest BCUT2D eigenvalue weighted by Crippen LogP contribution is 2.29. The molecule has 0 N–H and O–H groups in total. The molecular weight excluding hydrogens is 364 g/mol. The van der Waals surface area contributed by atoms with Crippen molar-refractivity contribution < 1.29 is 33.3 Å². The normalized spacial score (nSPS) is 23.6. The first-order chi connectivity index (χ1) is 13.5. The van der Waals surface area contributed by atoms with Gasteiger partial charge in [-0.15, -0.1) is 0 Å². The molecule has 2 aromatic carbocycles. The third kappa shape index (κ3) is 4.55. The van der Waals surface area contributed by atoms with Gasteiger partial charge in [-0.2, -0.15) is 0 Å². The summed E-state index contributed by atoms with van der Waals surface area (Å²) in [5, 5.41) is 0. The lowest BCUT2D eigenvalue weighted by atomic mass is 10.1. The van der Waals surface area contributed by atoms with Gasteiger partial charge >= 0.3 is 17.9 Å². The monoisotopic (exact) mass is 384 g/mol. The molecule has 7 nitrogen and oxygen atoms in total. The van der Waals surface area contributed by atoms with Crippen molar-refractivity contribution in [2.45, 2.75) is 38.4 Å². The molecule has 0 spiro atoms. The Morgan fingerprint density at radius 2 is 1.21 bits per heavy atom. The molecule has 0 aliphatic carbocycles. The zero-order valence-electron chi connectivity index (χ0n) is 15.4. The number of carbonyl (C=O) groups is 3. The predicted octanol–water partition coefficient (Wildman–Crippen LogP) is 2.75. The minimum atomic E-state index is -1.17. The summed E-state index contributed by atoms with van der Waals surface area (Å²) in [7, 11) is 0. The second-order valence-electron chi connectivity index (χ2n) is 6.29. The summed E-state index contributed by atoms with van der Waals surface area (Å²) in [5.41, 5.74) is 0.663. The lowest BCUT2D eigenvalue weighted by molar-refractivity contribution is -0.185. The molecule has 1 heterocycles. The van der Waals surface area contributed by atoms with E-state index >= 15 is 0 Å². The van der Waals surface area contributed by atoms with E-state index in [1.165, 1.54) is 6.92 Å². The number of hydrogen-bond acceptors (Lipinski definition) is 7. The first-order valence-electron chi connectivity index (χ1n) is 8.80. The number of esters is 3. The third-order valence-electron chi connectivity index (χ3n) is 4.19. The van der Waals surface area contributed by atoms with Crippen molar-refractivity contribution in [2.75, 3.05) is 0 Å². The first-order valence-corrected chi connectivity index (χ1v) is 8.80. The van der Waals surface area contributed by atoms with Crippen LogP contribution in [0.3, 0.4) is 0 Å². The molecule has 1 fully saturated rings. The van der Waals surface area contributed by atoms with Crippen molar-refractivity contribution in [1.82, 2.24) is 0 Å². The zero-order chi connectivity index (χ0) is 20.1. The Hall–Kier alpha value is -3.19. The predicted molar refractivity (Wildman–Crippen MR) is 97.4 cm³/mol. The van der Waals surface area contributed by atoms with Gasteiger partial charge in [-0.1, -0.05) is 36.4 Å². The maximum absolute atomic E-state index is 12.5. The van der Waals surface area contributed by atoms with E-state index in [9.17, 15) is 14.4 Å². The van der Waals surface area contributed by atoms with E-state index in [1.54, 1.807) is 67.6 Å². The van der Waals surface area contributed by atoms with Gasteiger partial charge in [-0.05, 0) is 31.2 Å². The van der Waals surface area contributed by atoms with Crippen LogP contribution in [0.5, 0.6) is 0 Å². The molecule has 2 aromatic rings. The smallest absolute Gasteiger partial charge is 0.338 e. The van der Waals surface area contributed by atoms with Gasteiger partial charge in [0, 0.05) is 6.92 Å². The van der Waals surface area contributed by atoms with Gasteiger partial charge in [0.05, 0.1) is 11.1 Å². The minimum Gasteiger partial charge on any atom is -0.452 e. The number of rotatable bonds is 5. The van der Waals surface area contributed by atoms with Gasteiger partial charge in [0.2, 0.25) is 12.4 Å². The van der Waals surface area contributed by atoms with Crippen LogP contribution in [-0.2, 0) is 23.7 Å². The Morgan fingerprint density at radius 3 is 1.68 bits per heavy atom. The highest BCUT2D eigenvalue weighted by molar-refractivity contribution is 5.90. The Balaban J connectivity index is 1.80. The number of hydrogen-bond donors (Lipinski definition) is 0. The van der Waals surface area contributed by atoms with Crippen LogP contribution >= 0.6 is 0 Å². The maximum atomic E-state index is 12.5.